The Balaban J connectivity index is 1.27. The Bertz CT molecular complexity index is 2040. The van der Waals surface area contributed by atoms with Gasteiger partial charge in [-0.15, -0.1) is 0 Å². The Morgan fingerprint density at radius 2 is 1.57 bits per heavy atom. The van der Waals surface area contributed by atoms with Crippen LogP contribution in [0.25, 0.3) is 0 Å². The predicted molar refractivity (Wildman–Crippen MR) is 204 cm³/mol. The van der Waals surface area contributed by atoms with Gasteiger partial charge in [0.05, 0.1) is 38.0 Å². The number of aromatic nitrogens is 2. The molecular formula is C39H41ClN7O5P. The average molecular weight is 754 g/mol. The Morgan fingerprint density at radius 1 is 0.962 bits per heavy atom. The van der Waals surface area contributed by atoms with Gasteiger partial charge in [-0.25, -0.2) is 14.6 Å². The minimum atomic E-state index is -3.63. The molecule has 5 unspecified atom stereocenters. The summed E-state index contributed by atoms with van der Waals surface area (Å²) in [6, 6.07) is 37.1. The zero-order chi connectivity index (χ0) is 37.0. The molecule has 1 fully saturated rings. The third kappa shape index (κ3) is 7.52. The lowest BCUT2D eigenvalue weighted by Gasteiger charge is -2.40. The van der Waals surface area contributed by atoms with Crippen LogP contribution in [0.3, 0.4) is 0 Å². The van der Waals surface area contributed by atoms with E-state index in [9.17, 15) is 9.36 Å². The van der Waals surface area contributed by atoms with Crippen molar-refractivity contribution in [3.05, 3.63) is 150 Å². The first-order valence-electron chi connectivity index (χ1n) is 17.2. The van der Waals surface area contributed by atoms with Gasteiger partial charge in [0.15, 0.2) is 5.82 Å². The highest BCUT2D eigenvalue weighted by Gasteiger charge is 2.46. The summed E-state index contributed by atoms with van der Waals surface area (Å²) in [6.45, 7) is -3.69. The second-order valence-corrected chi connectivity index (χ2v) is 16.2. The van der Waals surface area contributed by atoms with Crippen LogP contribution in [0.4, 0.5) is 5.82 Å². The van der Waals surface area contributed by atoms with Crippen molar-refractivity contribution < 1.29 is 23.4 Å². The van der Waals surface area contributed by atoms with E-state index in [0.29, 0.717) is 23.5 Å². The van der Waals surface area contributed by atoms with Gasteiger partial charge in [0.25, 0.3) is 5.91 Å². The maximum absolute atomic E-state index is 13.2. The molecule has 53 heavy (non-hydrogen) atoms. The molecular weight excluding hydrogens is 713 g/mol. The molecule has 0 saturated carbocycles. The maximum atomic E-state index is 13.2. The molecule has 274 valence electrons. The Kier molecular flexibility index (Phi) is 10.8. The number of halogens is 1. The summed E-state index contributed by atoms with van der Waals surface area (Å²) in [7, 11) is 4.86. The monoisotopic (exact) mass is 753 g/mol. The normalized spacial score (nSPS) is 20.7. The van der Waals surface area contributed by atoms with E-state index in [2.05, 4.69) is 62.3 Å². The molecule has 1 amide bonds. The van der Waals surface area contributed by atoms with Gasteiger partial charge >= 0.3 is 6.87 Å². The first-order chi connectivity index (χ1) is 25.7. The van der Waals surface area contributed by atoms with E-state index < -0.39 is 30.9 Å². The van der Waals surface area contributed by atoms with Crippen LogP contribution in [0.5, 0.6) is 5.75 Å². The van der Waals surface area contributed by atoms with Crippen molar-refractivity contribution in [3.8, 4) is 5.75 Å². The summed E-state index contributed by atoms with van der Waals surface area (Å²) < 4.78 is 34.7. The van der Waals surface area contributed by atoms with E-state index in [-0.39, 0.29) is 18.6 Å². The standard InChI is InChI=1S/C39H41ClN7O5P/c1-46(2)53(40,49)51-24-33-32(23-34(52-33)47-26-43-35-36(41-25-42-37(35)47)44-38(48)27-13-7-4-8-14-27)45-39(28-15-9-5-10-16-28,29-17-11-6-12-18-29)30-19-21-31(50-3)22-20-30/h4-22,25-26,32-34,36,45H,23-24H2,1-3H3,(H,41,42)(H,44,48). The van der Waals surface area contributed by atoms with E-state index in [0.717, 1.165) is 22.4 Å². The van der Waals surface area contributed by atoms with Crippen LogP contribution in [0.1, 0.15) is 51.6 Å². The van der Waals surface area contributed by atoms with Crippen molar-refractivity contribution in [3.63, 3.8) is 0 Å². The molecule has 14 heteroatoms. The fourth-order valence-electron chi connectivity index (χ4n) is 6.82. The number of nitrogens with one attached hydrogen (secondary N) is 3. The van der Waals surface area contributed by atoms with Crippen molar-refractivity contribution >= 4 is 36.2 Å². The van der Waals surface area contributed by atoms with E-state index in [4.69, 9.17) is 25.2 Å². The van der Waals surface area contributed by atoms with Crippen molar-refractivity contribution in [2.45, 2.75) is 36.5 Å². The van der Waals surface area contributed by atoms with Crippen molar-refractivity contribution in [2.24, 2.45) is 4.99 Å². The zero-order valence-electron chi connectivity index (χ0n) is 29.5. The van der Waals surface area contributed by atoms with Crippen LogP contribution >= 0.6 is 18.1 Å². The second kappa shape index (κ2) is 15.7. The van der Waals surface area contributed by atoms with Crippen molar-refractivity contribution in [1.82, 2.24) is 30.2 Å². The number of rotatable bonds is 13. The molecule has 0 aliphatic carbocycles. The molecule has 2 aliphatic heterocycles. The average Bonchev–Trinajstić information content (AvgIpc) is 3.81. The Morgan fingerprint density at radius 3 is 2.17 bits per heavy atom. The summed E-state index contributed by atoms with van der Waals surface area (Å²) in [5.74, 6) is 1.02. The van der Waals surface area contributed by atoms with Crippen LogP contribution < -0.4 is 20.7 Å². The topological polar surface area (TPSA) is 131 Å². The van der Waals surface area contributed by atoms with E-state index in [1.807, 2.05) is 71.3 Å². The van der Waals surface area contributed by atoms with E-state index in [1.54, 1.807) is 46.0 Å². The summed E-state index contributed by atoms with van der Waals surface area (Å²) in [5.41, 5.74) is 3.18. The SMILES string of the molecule is COc1ccc(C(NC2CC(n3cnc4c3N=CNC4NC(=O)c3ccccc3)OC2COP(=O)(Cl)N(C)C)(c2ccccc2)c2ccccc2)cc1. The number of carbonyl (C=O) groups is 1. The number of carbonyl (C=O) groups excluding carboxylic acids is 1. The van der Waals surface area contributed by atoms with Gasteiger partial charge < -0.3 is 24.6 Å². The summed E-state index contributed by atoms with van der Waals surface area (Å²) in [5, 5.41) is 10.1. The number of benzene rings is 4. The van der Waals surface area contributed by atoms with Crippen LogP contribution in [0.2, 0.25) is 0 Å². The lowest BCUT2D eigenvalue weighted by atomic mass is 9.76. The zero-order valence-corrected chi connectivity index (χ0v) is 31.2. The van der Waals surface area contributed by atoms with Gasteiger partial charge in [-0.1, -0.05) is 91.0 Å². The molecule has 1 saturated heterocycles. The Hall–Kier alpha value is -4.81. The minimum Gasteiger partial charge on any atom is -0.497 e. The highest BCUT2D eigenvalue weighted by atomic mass is 35.7. The number of fused-ring (bicyclic) bond motifs is 1. The van der Waals surface area contributed by atoms with Gasteiger partial charge in [0, 0.05) is 18.0 Å². The minimum absolute atomic E-state index is 0.0626. The molecule has 3 N–H and O–H groups in total. The smallest absolute Gasteiger partial charge is 0.362 e. The van der Waals surface area contributed by atoms with Crippen molar-refractivity contribution in [2.75, 3.05) is 27.8 Å². The molecule has 0 bridgehead atoms. The molecule has 0 spiro atoms. The molecule has 2 aliphatic rings. The third-order valence-corrected chi connectivity index (χ3v) is 12.2. The molecule has 7 rings (SSSR count). The van der Waals surface area contributed by atoms with Gasteiger partial charge in [-0.2, -0.15) is 0 Å². The van der Waals surface area contributed by atoms with Crippen LogP contribution in [0, 0.1) is 0 Å². The van der Waals surface area contributed by atoms with Crippen LogP contribution in [-0.4, -0.2) is 66.4 Å². The lowest BCUT2D eigenvalue weighted by Crippen LogP contribution is -2.53. The summed E-state index contributed by atoms with van der Waals surface area (Å²) >= 11 is 6.37. The molecule has 5 aromatic rings. The van der Waals surface area contributed by atoms with Gasteiger partial charge in [0.1, 0.15) is 23.8 Å². The number of methoxy groups -OCH3 is 1. The highest BCUT2D eigenvalue weighted by molar-refractivity contribution is 7.83. The third-order valence-electron chi connectivity index (χ3n) is 9.57. The first-order valence-corrected chi connectivity index (χ1v) is 19.7. The molecule has 4 aromatic carbocycles. The van der Waals surface area contributed by atoms with Crippen LogP contribution in [0.15, 0.2) is 127 Å². The maximum Gasteiger partial charge on any atom is 0.362 e. The lowest BCUT2D eigenvalue weighted by molar-refractivity contribution is -0.0224. The molecule has 5 atom stereocenters. The number of amides is 1. The number of hydrogen-bond donors (Lipinski definition) is 3. The fraction of sp³-hybridized carbons (Fsp3) is 0.256. The number of nitrogens with zero attached hydrogens (tertiary/aromatic N) is 4. The summed E-state index contributed by atoms with van der Waals surface area (Å²) in [4.78, 5) is 22.4. The van der Waals surface area contributed by atoms with Gasteiger partial charge in [-0.3, -0.25) is 19.2 Å². The quantitative estimate of drug-likeness (QED) is 0.0884. The first kappa shape index (κ1) is 36.5. The Labute approximate surface area is 313 Å². The number of imidazole rings is 1. The van der Waals surface area contributed by atoms with Crippen molar-refractivity contribution in [1.29, 1.82) is 0 Å². The largest absolute Gasteiger partial charge is 0.497 e. The number of ether oxygens (including phenoxy) is 2. The fourth-order valence-corrected chi connectivity index (χ4v) is 7.55. The van der Waals surface area contributed by atoms with E-state index in [1.165, 1.54) is 4.67 Å². The van der Waals surface area contributed by atoms with Gasteiger partial charge in [0.2, 0.25) is 0 Å². The number of aliphatic imine (C=N–C) groups is 1. The second-order valence-electron chi connectivity index (χ2n) is 13.0. The number of hydrogen-bond acceptors (Lipinski definition) is 9. The molecule has 12 nitrogen and oxygen atoms in total. The van der Waals surface area contributed by atoms with Crippen LogP contribution in [-0.2, 0) is 19.4 Å². The predicted octanol–water partition coefficient (Wildman–Crippen LogP) is 6.75. The molecule has 0 radical (unpaired) electrons. The highest BCUT2D eigenvalue weighted by Crippen LogP contribution is 2.54. The molecule has 1 aromatic heterocycles. The molecule has 3 heterocycles. The van der Waals surface area contributed by atoms with E-state index >= 15 is 0 Å². The summed E-state index contributed by atoms with van der Waals surface area (Å²) in [6.07, 6.45) is 1.86. The van der Waals surface area contributed by atoms with Gasteiger partial charge in [-0.05, 0) is 66.3 Å².